The summed E-state index contributed by atoms with van der Waals surface area (Å²) in [6, 6.07) is 6.52. The van der Waals surface area contributed by atoms with Gasteiger partial charge in [0.1, 0.15) is 22.6 Å². The fourth-order valence-corrected chi connectivity index (χ4v) is 7.07. The fourth-order valence-electron chi connectivity index (χ4n) is 4.05. The molecule has 12 nitrogen and oxygen atoms in total. The number of halogens is 1. The summed E-state index contributed by atoms with van der Waals surface area (Å²) in [5.41, 5.74) is 2.90. The number of aliphatic carboxylic acids is 1. The van der Waals surface area contributed by atoms with E-state index in [0.717, 1.165) is 28.5 Å². The van der Waals surface area contributed by atoms with E-state index in [-0.39, 0.29) is 23.8 Å². The van der Waals surface area contributed by atoms with Crippen molar-refractivity contribution in [3.05, 3.63) is 42.2 Å². The number of hydrogen-bond acceptors (Lipinski definition) is 8. The summed E-state index contributed by atoms with van der Waals surface area (Å²) in [6.07, 6.45) is 1.59. The second-order valence-corrected chi connectivity index (χ2v) is 11.8. The molecule has 0 saturated carbocycles. The van der Waals surface area contributed by atoms with Crippen LogP contribution in [0.1, 0.15) is 19.3 Å². The van der Waals surface area contributed by atoms with Crippen molar-refractivity contribution >= 4 is 39.3 Å². The standard InChI is InChI=1S/C23H27FN4O8S2/c24-16-6-4-15(5-7-16)18-8-9-21(37-18)38(33,34)28-11-10-27(23(32)25-13-19(29)30)14-17(28)22(31)26-36-20-3-1-2-12-35-20/h4-9,17,20H,1-3,10-14H2,(H,25,32)(H,26,31)(H,29,30)/t17-,20?/m1/s1. The molecule has 1 aromatic carbocycles. The Balaban J connectivity index is 1.54. The van der Waals surface area contributed by atoms with Gasteiger partial charge in [-0.2, -0.15) is 4.31 Å². The molecule has 0 spiro atoms. The largest absolute Gasteiger partial charge is 0.480 e. The Labute approximate surface area is 222 Å². The molecular formula is C23H27FN4O8S2. The fraction of sp³-hybridized carbons (Fsp3) is 0.435. The molecule has 206 valence electrons. The molecule has 38 heavy (non-hydrogen) atoms. The van der Waals surface area contributed by atoms with Crippen LogP contribution in [0.3, 0.4) is 0 Å². The third-order valence-electron chi connectivity index (χ3n) is 6.01. The number of amides is 3. The lowest BCUT2D eigenvalue weighted by molar-refractivity contribution is -0.202. The van der Waals surface area contributed by atoms with Gasteiger partial charge in [0, 0.05) is 37.5 Å². The Hall–Kier alpha value is -3.11. The number of carbonyl (C=O) groups is 3. The first-order chi connectivity index (χ1) is 18.1. The van der Waals surface area contributed by atoms with Gasteiger partial charge in [0.2, 0.25) is 0 Å². The van der Waals surface area contributed by atoms with Gasteiger partial charge in [-0.15, -0.1) is 11.3 Å². The Bertz CT molecular complexity index is 1260. The molecule has 0 radical (unpaired) electrons. The average molecular weight is 571 g/mol. The second-order valence-electron chi connectivity index (χ2n) is 8.64. The number of carbonyl (C=O) groups excluding carboxylic acids is 2. The number of benzene rings is 1. The maximum atomic E-state index is 13.6. The number of ether oxygens (including phenoxy) is 1. The van der Waals surface area contributed by atoms with E-state index in [4.69, 9.17) is 14.7 Å². The van der Waals surface area contributed by atoms with Crippen LogP contribution >= 0.6 is 11.3 Å². The highest BCUT2D eigenvalue weighted by Crippen LogP contribution is 2.33. The third kappa shape index (κ3) is 6.66. The van der Waals surface area contributed by atoms with Crippen LogP contribution in [0, 0.1) is 5.82 Å². The molecule has 2 aliphatic rings. The highest BCUT2D eigenvalue weighted by atomic mass is 32.2. The summed E-state index contributed by atoms with van der Waals surface area (Å²) in [4.78, 5) is 43.5. The average Bonchev–Trinajstić information content (AvgIpc) is 3.42. The van der Waals surface area contributed by atoms with Gasteiger partial charge in [0.15, 0.2) is 6.29 Å². The Kier molecular flexibility index (Phi) is 8.94. The van der Waals surface area contributed by atoms with Gasteiger partial charge in [-0.25, -0.2) is 27.9 Å². The zero-order chi connectivity index (χ0) is 27.3. The van der Waals surface area contributed by atoms with Crippen molar-refractivity contribution in [2.45, 2.75) is 35.8 Å². The molecule has 3 heterocycles. The molecule has 1 aromatic heterocycles. The second kappa shape index (κ2) is 12.2. The summed E-state index contributed by atoms with van der Waals surface area (Å²) >= 11 is 0.968. The van der Waals surface area contributed by atoms with Crippen LogP contribution in [0.4, 0.5) is 9.18 Å². The topological polar surface area (TPSA) is 155 Å². The molecule has 0 bridgehead atoms. The number of rotatable bonds is 8. The number of nitrogens with zero attached hydrogens (tertiary/aromatic N) is 2. The van der Waals surface area contributed by atoms with Crippen molar-refractivity contribution in [3.63, 3.8) is 0 Å². The van der Waals surface area contributed by atoms with E-state index in [2.05, 4.69) is 10.8 Å². The summed E-state index contributed by atoms with van der Waals surface area (Å²) < 4.78 is 47.0. The minimum atomic E-state index is -4.19. The van der Waals surface area contributed by atoms with Crippen LogP contribution in [-0.2, 0) is 29.2 Å². The highest BCUT2D eigenvalue weighted by Gasteiger charge is 2.42. The van der Waals surface area contributed by atoms with Crippen LogP contribution in [0.2, 0.25) is 0 Å². The van der Waals surface area contributed by atoms with Gasteiger partial charge >= 0.3 is 12.0 Å². The smallest absolute Gasteiger partial charge is 0.323 e. The molecule has 2 atom stereocenters. The number of sulfonamides is 1. The lowest BCUT2D eigenvalue weighted by Crippen LogP contribution is -2.62. The summed E-state index contributed by atoms with van der Waals surface area (Å²) in [5.74, 6) is -2.46. The molecule has 0 aliphatic carbocycles. The Morgan fingerprint density at radius 2 is 1.89 bits per heavy atom. The van der Waals surface area contributed by atoms with Crippen molar-refractivity contribution in [1.82, 2.24) is 20.0 Å². The maximum Gasteiger partial charge on any atom is 0.323 e. The molecule has 3 amide bonds. The predicted molar refractivity (Wildman–Crippen MR) is 133 cm³/mol. The molecular weight excluding hydrogens is 543 g/mol. The first-order valence-electron chi connectivity index (χ1n) is 11.8. The number of carboxylic acid groups (broad SMARTS) is 1. The molecule has 3 N–H and O–H groups in total. The lowest BCUT2D eigenvalue weighted by atomic mass is 10.2. The van der Waals surface area contributed by atoms with Gasteiger partial charge in [0.25, 0.3) is 15.9 Å². The molecule has 15 heteroatoms. The van der Waals surface area contributed by atoms with Crippen LogP contribution in [-0.4, -0.2) is 85.8 Å². The summed E-state index contributed by atoms with van der Waals surface area (Å²) in [7, 11) is -4.19. The first kappa shape index (κ1) is 27.9. The number of urea groups is 1. The van der Waals surface area contributed by atoms with Crippen LogP contribution in [0.15, 0.2) is 40.6 Å². The van der Waals surface area contributed by atoms with Crippen LogP contribution < -0.4 is 10.8 Å². The summed E-state index contributed by atoms with van der Waals surface area (Å²) in [6.45, 7) is -0.780. The summed E-state index contributed by atoms with van der Waals surface area (Å²) in [5, 5.41) is 11.1. The van der Waals surface area contributed by atoms with E-state index >= 15 is 0 Å². The molecule has 2 fully saturated rings. The number of piperazine rings is 1. The van der Waals surface area contributed by atoms with Gasteiger partial charge in [-0.05, 0) is 42.7 Å². The number of carboxylic acids is 1. The number of hydrogen-bond donors (Lipinski definition) is 3. The van der Waals surface area contributed by atoms with E-state index in [1.807, 2.05) is 0 Å². The monoisotopic (exact) mass is 570 g/mol. The normalized spacial score (nSPS) is 20.6. The zero-order valence-corrected chi connectivity index (χ0v) is 21.8. The van der Waals surface area contributed by atoms with Gasteiger partial charge in [0.05, 0.1) is 0 Å². The highest BCUT2D eigenvalue weighted by molar-refractivity contribution is 7.91. The van der Waals surface area contributed by atoms with E-state index in [0.29, 0.717) is 23.5 Å². The number of thiophene rings is 1. The first-order valence-corrected chi connectivity index (χ1v) is 14.1. The van der Waals surface area contributed by atoms with Gasteiger partial charge in [-0.1, -0.05) is 12.1 Å². The van der Waals surface area contributed by atoms with Crippen molar-refractivity contribution in [2.24, 2.45) is 0 Å². The lowest BCUT2D eigenvalue weighted by Gasteiger charge is -2.39. The van der Waals surface area contributed by atoms with E-state index in [1.165, 1.54) is 35.2 Å². The minimum absolute atomic E-state index is 0.0325. The van der Waals surface area contributed by atoms with Crippen molar-refractivity contribution in [1.29, 1.82) is 0 Å². The number of hydroxylamine groups is 1. The van der Waals surface area contributed by atoms with Crippen molar-refractivity contribution in [2.75, 3.05) is 32.8 Å². The number of nitrogens with one attached hydrogen (secondary N) is 2. The predicted octanol–water partition coefficient (Wildman–Crippen LogP) is 1.60. The molecule has 2 saturated heterocycles. The van der Waals surface area contributed by atoms with Crippen LogP contribution in [0.25, 0.3) is 10.4 Å². The SMILES string of the molecule is O=C(O)CNC(=O)N1CCN(S(=O)(=O)c2ccc(-c3ccc(F)cc3)s2)[C@@H](C(=O)NOC2CCCCO2)C1. The van der Waals surface area contributed by atoms with Crippen molar-refractivity contribution < 1.29 is 41.9 Å². The molecule has 2 aliphatic heterocycles. The van der Waals surface area contributed by atoms with E-state index < -0.39 is 52.6 Å². The van der Waals surface area contributed by atoms with Crippen molar-refractivity contribution in [3.8, 4) is 10.4 Å². The maximum absolute atomic E-state index is 13.6. The minimum Gasteiger partial charge on any atom is -0.480 e. The van der Waals surface area contributed by atoms with Crippen LogP contribution in [0.5, 0.6) is 0 Å². The zero-order valence-electron chi connectivity index (χ0n) is 20.2. The van der Waals surface area contributed by atoms with Gasteiger partial charge in [-0.3, -0.25) is 9.59 Å². The third-order valence-corrected chi connectivity index (χ3v) is 9.52. The Morgan fingerprint density at radius 1 is 1.13 bits per heavy atom. The van der Waals surface area contributed by atoms with E-state index in [1.54, 1.807) is 6.07 Å². The molecule has 4 rings (SSSR count). The quantitative estimate of drug-likeness (QED) is 0.405. The Morgan fingerprint density at radius 3 is 2.58 bits per heavy atom. The molecule has 1 unspecified atom stereocenters. The van der Waals surface area contributed by atoms with E-state index in [9.17, 15) is 27.2 Å². The molecule has 2 aromatic rings. The van der Waals surface area contributed by atoms with Gasteiger partial charge < -0.3 is 20.1 Å².